The first-order valence-electron chi connectivity index (χ1n) is 10.4. The molecule has 33 heavy (non-hydrogen) atoms. The van der Waals surface area contributed by atoms with E-state index in [0.717, 1.165) is 22.3 Å². The van der Waals surface area contributed by atoms with Crippen molar-refractivity contribution in [1.82, 2.24) is 4.72 Å². The number of hydrogen-bond donors (Lipinski definition) is 1. The van der Waals surface area contributed by atoms with Crippen molar-refractivity contribution in [1.29, 1.82) is 0 Å². The van der Waals surface area contributed by atoms with Crippen molar-refractivity contribution in [2.45, 2.75) is 18.1 Å². The molecule has 0 unspecified atom stereocenters. The molecule has 0 saturated carbocycles. The number of carbonyl (C=O) groups is 1. The number of hydrogen-bond acceptors (Lipinski definition) is 4. The van der Waals surface area contributed by atoms with E-state index in [2.05, 4.69) is 4.72 Å². The topological polar surface area (TPSA) is 72.5 Å². The fourth-order valence-electron chi connectivity index (χ4n) is 3.31. The molecule has 1 N–H and O–H groups in total. The summed E-state index contributed by atoms with van der Waals surface area (Å²) in [6, 6.07) is 32.6. The summed E-state index contributed by atoms with van der Waals surface area (Å²) in [5, 5.41) is 0. The van der Waals surface area contributed by atoms with Gasteiger partial charge in [-0.2, -0.15) is 0 Å². The molecule has 1 amide bonds. The Labute approximate surface area is 193 Å². The molecule has 0 radical (unpaired) electrons. The van der Waals surface area contributed by atoms with E-state index in [1.165, 1.54) is 12.1 Å². The lowest BCUT2D eigenvalue weighted by molar-refractivity contribution is 0.0980. The third kappa shape index (κ3) is 5.94. The van der Waals surface area contributed by atoms with Gasteiger partial charge >= 0.3 is 0 Å². The number of sulfonamides is 1. The van der Waals surface area contributed by atoms with Gasteiger partial charge in [0.25, 0.3) is 15.9 Å². The number of carbonyl (C=O) groups excluding carboxylic acids is 1. The van der Waals surface area contributed by atoms with Gasteiger partial charge in [-0.3, -0.25) is 4.79 Å². The Morgan fingerprint density at radius 1 is 0.636 bits per heavy atom. The molecule has 0 bridgehead atoms. The summed E-state index contributed by atoms with van der Waals surface area (Å²) in [7, 11) is -3.99. The zero-order valence-electron chi connectivity index (χ0n) is 17.8. The van der Waals surface area contributed by atoms with E-state index in [4.69, 9.17) is 4.74 Å². The first-order chi connectivity index (χ1) is 16.0. The monoisotopic (exact) mass is 457 g/mol. The van der Waals surface area contributed by atoms with Gasteiger partial charge in [-0.1, -0.05) is 84.9 Å². The Balaban J connectivity index is 1.36. The van der Waals surface area contributed by atoms with Crippen LogP contribution in [0.1, 0.15) is 21.5 Å². The van der Waals surface area contributed by atoms with Crippen molar-refractivity contribution >= 4 is 15.9 Å². The van der Waals surface area contributed by atoms with Crippen molar-refractivity contribution in [3.8, 4) is 11.1 Å². The zero-order valence-corrected chi connectivity index (χ0v) is 18.7. The van der Waals surface area contributed by atoms with E-state index < -0.39 is 15.9 Å². The molecular formula is C27H23NO4S. The van der Waals surface area contributed by atoms with Crippen molar-refractivity contribution < 1.29 is 17.9 Å². The molecule has 5 nitrogen and oxygen atoms in total. The number of nitrogens with one attached hydrogen (secondary N) is 1. The molecule has 0 aliphatic heterocycles. The molecule has 0 fully saturated rings. The van der Waals surface area contributed by atoms with Crippen LogP contribution < -0.4 is 4.72 Å². The van der Waals surface area contributed by atoms with Crippen molar-refractivity contribution in [2.75, 3.05) is 0 Å². The second-order valence-electron chi connectivity index (χ2n) is 7.50. The van der Waals surface area contributed by atoms with Crippen LogP contribution >= 0.6 is 0 Å². The number of amides is 1. The van der Waals surface area contributed by atoms with Gasteiger partial charge in [0, 0.05) is 5.56 Å². The number of benzene rings is 4. The molecule has 0 spiro atoms. The maximum absolute atomic E-state index is 12.7. The molecule has 4 rings (SSSR count). The molecule has 166 valence electrons. The highest BCUT2D eigenvalue weighted by molar-refractivity contribution is 7.90. The predicted octanol–water partition coefficient (Wildman–Crippen LogP) is 5.19. The molecule has 0 aliphatic rings. The maximum Gasteiger partial charge on any atom is 0.264 e. The summed E-state index contributed by atoms with van der Waals surface area (Å²) in [6.07, 6.45) is 0. The first-order valence-corrected chi connectivity index (χ1v) is 11.9. The highest BCUT2D eigenvalue weighted by Gasteiger charge is 2.18. The maximum atomic E-state index is 12.7. The second-order valence-corrected chi connectivity index (χ2v) is 9.18. The van der Waals surface area contributed by atoms with Crippen molar-refractivity contribution in [3.05, 3.63) is 126 Å². The molecule has 0 aromatic heterocycles. The smallest absolute Gasteiger partial charge is 0.264 e. The van der Waals surface area contributed by atoms with E-state index in [0.29, 0.717) is 13.2 Å². The van der Waals surface area contributed by atoms with Crippen LogP contribution in [0.25, 0.3) is 11.1 Å². The molecule has 4 aromatic carbocycles. The average Bonchev–Trinajstić information content (AvgIpc) is 2.85. The van der Waals surface area contributed by atoms with Gasteiger partial charge in [0.2, 0.25) is 0 Å². The summed E-state index contributed by atoms with van der Waals surface area (Å²) >= 11 is 0. The van der Waals surface area contributed by atoms with Gasteiger partial charge in [-0.15, -0.1) is 0 Å². The minimum Gasteiger partial charge on any atom is -0.372 e. The van der Waals surface area contributed by atoms with Gasteiger partial charge < -0.3 is 4.74 Å². The van der Waals surface area contributed by atoms with Crippen LogP contribution in [-0.2, 0) is 28.0 Å². The van der Waals surface area contributed by atoms with Gasteiger partial charge in [-0.05, 0) is 46.5 Å². The van der Waals surface area contributed by atoms with Crippen LogP contribution in [0.2, 0.25) is 0 Å². The number of rotatable bonds is 8. The van der Waals surface area contributed by atoms with Gasteiger partial charge in [0.15, 0.2) is 0 Å². The quantitative estimate of drug-likeness (QED) is 0.395. The lowest BCUT2D eigenvalue weighted by atomic mass is 10.1. The molecule has 4 aromatic rings. The van der Waals surface area contributed by atoms with Gasteiger partial charge in [-0.25, -0.2) is 13.1 Å². The minimum absolute atomic E-state index is 0.0291. The molecule has 0 atom stereocenters. The van der Waals surface area contributed by atoms with E-state index >= 15 is 0 Å². The number of ether oxygens (including phenoxy) is 1. The molecule has 0 saturated heterocycles. The lowest BCUT2D eigenvalue weighted by Crippen LogP contribution is -2.30. The van der Waals surface area contributed by atoms with Crippen LogP contribution in [-0.4, -0.2) is 14.3 Å². The highest BCUT2D eigenvalue weighted by Crippen LogP contribution is 2.21. The van der Waals surface area contributed by atoms with E-state index in [-0.39, 0.29) is 10.5 Å². The first kappa shape index (κ1) is 22.5. The largest absolute Gasteiger partial charge is 0.372 e. The Bertz CT molecular complexity index is 1300. The van der Waals surface area contributed by atoms with Gasteiger partial charge in [0.1, 0.15) is 0 Å². The predicted molar refractivity (Wildman–Crippen MR) is 128 cm³/mol. The average molecular weight is 458 g/mol. The Morgan fingerprint density at radius 3 is 1.76 bits per heavy atom. The molecule has 6 heteroatoms. The molecule has 0 heterocycles. The lowest BCUT2D eigenvalue weighted by Gasteiger charge is -2.09. The normalized spacial score (nSPS) is 11.2. The van der Waals surface area contributed by atoms with Crippen molar-refractivity contribution in [3.63, 3.8) is 0 Å². The van der Waals surface area contributed by atoms with E-state index in [1.54, 1.807) is 36.4 Å². The van der Waals surface area contributed by atoms with Crippen LogP contribution in [0.5, 0.6) is 0 Å². The molecule has 0 aliphatic carbocycles. The van der Waals surface area contributed by atoms with Crippen LogP contribution in [0.3, 0.4) is 0 Å². The standard InChI is InChI=1S/C27H23NO4S/c29-27(25-13-11-22(12-14-25)20-32-19-21-7-3-1-4-8-21)28-33(30,31)26-17-15-24(16-18-26)23-9-5-2-6-10-23/h1-18H,19-20H2,(H,28,29). The summed E-state index contributed by atoms with van der Waals surface area (Å²) < 4.78 is 33.1. The van der Waals surface area contributed by atoms with Crippen LogP contribution in [0.15, 0.2) is 114 Å². The minimum atomic E-state index is -3.99. The Hall–Kier alpha value is -3.74. The third-order valence-corrected chi connectivity index (χ3v) is 6.44. The van der Waals surface area contributed by atoms with Crippen LogP contribution in [0.4, 0.5) is 0 Å². The van der Waals surface area contributed by atoms with E-state index in [1.807, 2.05) is 60.7 Å². The van der Waals surface area contributed by atoms with Crippen LogP contribution in [0, 0.1) is 0 Å². The molecular weight excluding hydrogens is 434 g/mol. The SMILES string of the molecule is O=C(NS(=O)(=O)c1ccc(-c2ccccc2)cc1)c1ccc(COCc2ccccc2)cc1. The zero-order chi connectivity index (χ0) is 23.1. The Kier molecular flexibility index (Phi) is 6.98. The summed E-state index contributed by atoms with van der Waals surface area (Å²) in [5.74, 6) is -0.682. The Morgan fingerprint density at radius 2 is 1.15 bits per heavy atom. The van der Waals surface area contributed by atoms with Gasteiger partial charge in [0.05, 0.1) is 18.1 Å². The summed E-state index contributed by atoms with van der Waals surface area (Å²) in [5.41, 5.74) is 4.10. The summed E-state index contributed by atoms with van der Waals surface area (Å²) in [6.45, 7) is 0.882. The summed E-state index contributed by atoms with van der Waals surface area (Å²) in [4.78, 5) is 12.5. The highest BCUT2D eigenvalue weighted by atomic mass is 32.2. The third-order valence-electron chi connectivity index (χ3n) is 5.10. The fraction of sp³-hybridized carbons (Fsp3) is 0.0741. The fourth-order valence-corrected chi connectivity index (χ4v) is 4.28. The van der Waals surface area contributed by atoms with Crippen molar-refractivity contribution in [2.24, 2.45) is 0 Å². The van der Waals surface area contributed by atoms with E-state index in [9.17, 15) is 13.2 Å². The second kappa shape index (κ2) is 10.3.